The summed E-state index contributed by atoms with van der Waals surface area (Å²) in [7, 11) is 0. The molecular formula is C23H31F3O3. The minimum Gasteiger partial charge on any atom is -0.491 e. The van der Waals surface area contributed by atoms with Crippen molar-refractivity contribution in [2.75, 3.05) is 13.2 Å². The van der Waals surface area contributed by atoms with Crippen LogP contribution < -0.4 is 4.74 Å². The van der Waals surface area contributed by atoms with Gasteiger partial charge in [-0.05, 0) is 62.5 Å². The number of benzene rings is 1. The highest BCUT2D eigenvalue weighted by Gasteiger charge is 2.32. The van der Waals surface area contributed by atoms with Gasteiger partial charge in [0.1, 0.15) is 0 Å². The van der Waals surface area contributed by atoms with Crippen LogP contribution in [-0.2, 0) is 4.74 Å². The third-order valence-corrected chi connectivity index (χ3v) is 6.43. The van der Waals surface area contributed by atoms with Crippen molar-refractivity contribution in [1.82, 2.24) is 0 Å². The first-order chi connectivity index (χ1) is 13.9. The van der Waals surface area contributed by atoms with Crippen LogP contribution in [0.4, 0.5) is 13.2 Å². The molecule has 1 aliphatic heterocycles. The van der Waals surface area contributed by atoms with Crippen LogP contribution >= 0.6 is 0 Å². The quantitative estimate of drug-likeness (QED) is 0.489. The molecule has 3 nitrogen and oxygen atoms in total. The highest BCUT2D eigenvalue weighted by molar-refractivity contribution is 5.98. The van der Waals surface area contributed by atoms with E-state index in [0.29, 0.717) is 12.5 Å². The lowest BCUT2D eigenvalue weighted by Gasteiger charge is -2.37. The molecule has 1 aliphatic carbocycles. The fourth-order valence-corrected chi connectivity index (χ4v) is 4.69. The van der Waals surface area contributed by atoms with Gasteiger partial charge in [0, 0.05) is 12.0 Å². The average molecular weight is 412 g/mol. The van der Waals surface area contributed by atoms with Gasteiger partial charge in [0.05, 0.1) is 24.9 Å². The summed E-state index contributed by atoms with van der Waals surface area (Å²) in [4.78, 5) is 12.7. The third kappa shape index (κ3) is 5.33. The van der Waals surface area contributed by atoms with Crippen molar-refractivity contribution < 1.29 is 27.4 Å². The van der Waals surface area contributed by atoms with Crippen LogP contribution in [0.3, 0.4) is 0 Å². The first kappa shape index (κ1) is 22.1. The van der Waals surface area contributed by atoms with Crippen molar-refractivity contribution in [3.8, 4) is 5.75 Å². The average Bonchev–Trinajstić information content (AvgIpc) is 2.70. The van der Waals surface area contributed by atoms with Gasteiger partial charge in [-0.3, -0.25) is 4.79 Å². The Morgan fingerprint density at radius 2 is 1.90 bits per heavy atom. The summed E-state index contributed by atoms with van der Waals surface area (Å²) in [5.74, 6) is -0.473. The molecule has 1 aromatic rings. The second-order valence-electron chi connectivity index (χ2n) is 8.54. The SMILES string of the molecule is CCOc1ccc(C(=O)CC2CCC(C3CCC(C)CC3)OC2)c(C(F)F)c1F. The lowest BCUT2D eigenvalue weighted by molar-refractivity contribution is -0.0573. The lowest BCUT2D eigenvalue weighted by atomic mass is 9.77. The zero-order valence-corrected chi connectivity index (χ0v) is 17.3. The molecule has 1 saturated heterocycles. The maximum absolute atomic E-state index is 14.4. The maximum atomic E-state index is 14.4. The Kier molecular flexibility index (Phi) is 7.60. The van der Waals surface area contributed by atoms with Gasteiger partial charge in [-0.25, -0.2) is 13.2 Å². The summed E-state index contributed by atoms with van der Waals surface area (Å²) in [6, 6.07) is 2.52. The van der Waals surface area contributed by atoms with Gasteiger partial charge in [0.15, 0.2) is 17.3 Å². The highest BCUT2D eigenvalue weighted by Crippen LogP contribution is 2.37. The lowest BCUT2D eigenvalue weighted by Crippen LogP contribution is -2.34. The molecule has 6 heteroatoms. The predicted octanol–water partition coefficient (Wildman–Crippen LogP) is 6.36. The molecule has 0 N–H and O–H groups in total. The van der Waals surface area contributed by atoms with Gasteiger partial charge in [-0.2, -0.15) is 0 Å². The van der Waals surface area contributed by atoms with Gasteiger partial charge in [0.2, 0.25) is 0 Å². The Morgan fingerprint density at radius 3 is 2.48 bits per heavy atom. The van der Waals surface area contributed by atoms with Crippen LogP contribution in [0.15, 0.2) is 12.1 Å². The molecule has 29 heavy (non-hydrogen) atoms. The van der Waals surface area contributed by atoms with Crippen LogP contribution in [0.1, 0.15) is 81.1 Å². The number of hydrogen-bond donors (Lipinski definition) is 0. The van der Waals surface area contributed by atoms with E-state index < -0.39 is 23.6 Å². The van der Waals surface area contributed by atoms with Crippen LogP contribution in [-0.4, -0.2) is 25.1 Å². The Hall–Kier alpha value is -1.56. The molecule has 162 valence electrons. The van der Waals surface area contributed by atoms with E-state index in [2.05, 4.69) is 6.92 Å². The van der Waals surface area contributed by atoms with E-state index in [9.17, 15) is 18.0 Å². The molecule has 0 amide bonds. The van der Waals surface area contributed by atoms with Crippen LogP contribution in [0, 0.1) is 23.6 Å². The molecular weight excluding hydrogens is 381 g/mol. The largest absolute Gasteiger partial charge is 0.491 e. The van der Waals surface area contributed by atoms with E-state index in [1.807, 2.05) is 0 Å². The number of ketones is 1. The van der Waals surface area contributed by atoms with Crippen molar-refractivity contribution in [2.45, 2.75) is 71.3 Å². The molecule has 2 atom stereocenters. The van der Waals surface area contributed by atoms with Crippen molar-refractivity contribution in [3.05, 3.63) is 29.1 Å². The summed E-state index contributed by atoms with van der Waals surface area (Å²) in [6.45, 7) is 4.56. The fraction of sp³-hybridized carbons (Fsp3) is 0.696. The normalized spacial score (nSPS) is 27.8. The summed E-state index contributed by atoms with van der Waals surface area (Å²) < 4.78 is 52.4. The zero-order chi connectivity index (χ0) is 21.0. The number of carbonyl (C=O) groups excluding carboxylic acids is 1. The monoisotopic (exact) mass is 412 g/mol. The van der Waals surface area contributed by atoms with E-state index in [1.54, 1.807) is 6.92 Å². The molecule has 1 saturated carbocycles. The first-order valence-electron chi connectivity index (χ1n) is 10.8. The van der Waals surface area contributed by atoms with Crippen molar-refractivity contribution in [2.24, 2.45) is 17.8 Å². The second kappa shape index (κ2) is 9.96. The van der Waals surface area contributed by atoms with E-state index >= 15 is 0 Å². The molecule has 2 aliphatic rings. The van der Waals surface area contributed by atoms with Gasteiger partial charge in [-0.1, -0.05) is 19.8 Å². The number of halogens is 3. The molecule has 2 unspecified atom stereocenters. The highest BCUT2D eigenvalue weighted by atomic mass is 19.3. The van der Waals surface area contributed by atoms with Crippen molar-refractivity contribution in [1.29, 1.82) is 0 Å². The van der Waals surface area contributed by atoms with Gasteiger partial charge >= 0.3 is 0 Å². The van der Waals surface area contributed by atoms with Crippen molar-refractivity contribution in [3.63, 3.8) is 0 Å². The molecule has 0 aromatic heterocycles. The Labute approximate surface area is 171 Å². The van der Waals surface area contributed by atoms with Crippen LogP contribution in [0.2, 0.25) is 0 Å². The Morgan fingerprint density at radius 1 is 1.17 bits per heavy atom. The molecule has 2 fully saturated rings. The molecule has 0 bridgehead atoms. The van der Waals surface area contributed by atoms with E-state index in [0.717, 1.165) is 18.8 Å². The smallest absolute Gasteiger partial charge is 0.267 e. The summed E-state index contributed by atoms with van der Waals surface area (Å²) in [6.07, 6.45) is 3.88. The minimum absolute atomic E-state index is 0.0126. The van der Waals surface area contributed by atoms with Crippen LogP contribution in [0.25, 0.3) is 0 Å². The second-order valence-corrected chi connectivity index (χ2v) is 8.54. The standard InChI is InChI=1S/C23H31F3O3/c1-3-28-20-11-9-17(21(22(20)24)23(25)26)18(27)12-15-6-10-19(29-13-15)16-7-4-14(2)5-8-16/h9,11,14-16,19,23H,3-8,10,12-13H2,1-2H3. The molecule has 1 aromatic carbocycles. The summed E-state index contributed by atoms with van der Waals surface area (Å²) >= 11 is 0. The topological polar surface area (TPSA) is 35.5 Å². The van der Waals surface area contributed by atoms with Crippen molar-refractivity contribution >= 4 is 5.78 Å². The number of rotatable bonds is 7. The first-order valence-corrected chi connectivity index (χ1v) is 10.8. The molecule has 1 heterocycles. The number of ether oxygens (including phenoxy) is 2. The summed E-state index contributed by atoms with van der Waals surface area (Å²) in [5.41, 5.74) is -1.10. The maximum Gasteiger partial charge on any atom is 0.267 e. The van der Waals surface area contributed by atoms with Crippen LogP contribution in [0.5, 0.6) is 5.75 Å². The molecule has 0 radical (unpaired) electrons. The number of Topliss-reactive ketones (excluding diaryl/α,β-unsaturated/α-hetero) is 1. The number of alkyl halides is 2. The third-order valence-electron chi connectivity index (χ3n) is 6.43. The summed E-state index contributed by atoms with van der Waals surface area (Å²) in [5, 5.41) is 0. The Bertz CT molecular complexity index is 691. The number of hydrogen-bond acceptors (Lipinski definition) is 3. The minimum atomic E-state index is -3.07. The van der Waals surface area contributed by atoms with Gasteiger partial charge in [-0.15, -0.1) is 0 Å². The predicted molar refractivity (Wildman–Crippen MR) is 105 cm³/mol. The Balaban J connectivity index is 1.60. The van der Waals surface area contributed by atoms with Gasteiger partial charge in [0.25, 0.3) is 6.43 Å². The van der Waals surface area contributed by atoms with E-state index in [1.165, 1.54) is 37.8 Å². The zero-order valence-electron chi connectivity index (χ0n) is 17.3. The van der Waals surface area contributed by atoms with E-state index in [4.69, 9.17) is 9.47 Å². The number of carbonyl (C=O) groups is 1. The molecule has 0 spiro atoms. The van der Waals surface area contributed by atoms with Gasteiger partial charge < -0.3 is 9.47 Å². The fourth-order valence-electron chi connectivity index (χ4n) is 4.69. The van der Waals surface area contributed by atoms with E-state index in [-0.39, 0.29) is 36.4 Å². The molecule has 3 rings (SSSR count).